The Morgan fingerprint density at radius 3 is 2.05 bits per heavy atom. The molecule has 0 aromatic carbocycles. The third kappa shape index (κ3) is 4.82. The number of nitrogens with two attached hydrogens (primary N) is 2. The molecule has 1 amide bonds. The summed E-state index contributed by atoms with van der Waals surface area (Å²) in [6, 6.07) is 2.00. The van der Waals surface area contributed by atoms with Crippen molar-refractivity contribution >= 4 is 27.1 Å². The van der Waals surface area contributed by atoms with Crippen molar-refractivity contribution in [2.24, 2.45) is 5.73 Å². The van der Waals surface area contributed by atoms with E-state index >= 15 is 0 Å². The monoisotopic (exact) mass is 579 g/mol. The first kappa shape index (κ1) is 31.6. The molecule has 2 aliphatic heterocycles. The number of primary amides is 1. The van der Waals surface area contributed by atoms with Gasteiger partial charge in [0.15, 0.2) is 6.10 Å². The molecule has 8 atom stereocenters. The van der Waals surface area contributed by atoms with E-state index in [9.17, 15) is 59.0 Å². The zero-order valence-electron chi connectivity index (χ0n) is 18.5. The van der Waals surface area contributed by atoms with Gasteiger partial charge in [-0.3, -0.25) is 19.6 Å². The summed E-state index contributed by atoms with van der Waals surface area (Å²) in [6.45, 7) is -2.21. The minimum Gasteiger partial charge on any atom is -0.870 e. The molecular formula is C16H27N3O16P2. The van der Waals surface area contributed by atoms with Crippen LogP contribution in [0.25, 0.3) is 0 Å². The van der Waals surface area contributed by atoms with E-state index in [1.807, 2.05) is 0 Å². The molecule has 2 saturated heterocycles. The molecule has 19 nitrogen and oxygen atoms in total. The number of rotatable bonds is 8. The lowest BCUT2D eigenvalue weighted by atomic mass is 9.91. The number of pyridine rings is 1. The summed E-state index contributed by atoms with van der Waals surface area (Å²) >= 11 is 0. The Morgan fingerprint density at radius 2 is 1.62 bits per heavy atom. The van der Waals surface area contributed by atoms with E-state index in [-0.39, 0.29) is 5.48 Å². The third-order valence-corrected chi connectivity index (χ3v) is 8.23. The molecule has 0 aliphatic carbocycles. The fourth-order valence-corrected chi connectivity index (χ4v) is 7.08. The first-order valence-electron chi connectivity index (χ1n) is 10.0. The summed E-state index contributed by atoms with van der Waals surface area (Å²) in [5.74, 6) is -1.70. The molecule has 21 heteroatoms. The zero-order valence-corrected chi connectivity index (χ0v) is 20.3. The molecule has 14 N–H and O–H groups in total. The highest BCUT2D eigenvalue weighted by molar-refractivity contribution is 7.55. The van der Waals surface area contributed by atoms with E-state index in [4.69, 9.17) is 20.9 Å². The van der Waals surface area contributed by atoms with Gasteiger partial charge in [-0.15, -0.1) is 0 Å². The van der Waals surface area contributed by atoms with Crippen LogP contribution in [0.2, 0.25) is 0 Å². The lowest BCUT2D eigenvalue weighted by molar-refractivity contribution is -0.815. The van der Waals surface area contributed by atoms with Gasteiger partial charge in [0.2, 0.25) is 0 Å². The molecule has 0 saturated carbocycles. The van der Waals surface area contributed by atoms with Crippen LogP contribution in [0.3, 0.4) is 0 Å². The number of phosphoric ester groups is 1. The van der Waals surface area contributed by atoms with E-state index < -0.39 is 93.6 Å². The maximum atomic E-state index is 13.0. The maximum absolute atomic E-state index is 13.0. The number of ether oxygens (including phenoxy) is 2. The van der Waals surface area contributed by atoms with Gasteiger partial charge in [0.1, 0.15) is 36.7 Å². The molecule has 0 radical (unpaired) electrons. The molecule has 1 aromatic heterocycles. The van der Waals surface area contributed by atoms with Gasteiger partial charge >= 0.3 is 15.4 Å². The van der Waals surface area contributed by atoms with Gasteiger partial charge in [-0.05, 0) is 6.07 Å². The first-order chi connectivity index (χ1) is 16.5. The van der Waals surface area contributed by atoms with Crippen LogP contribution >= 0.6 is 15.4 Å². The topological polar surface area (TPSA) is 347 Å². The number of carbonyl (C=O) groups excluding carboxylic acids is 1. The molecule has 212 valence electrons. The summed E-state index contributed by atoms with van der Waals surface area (Å²) in [4.78, 5) is 52.0. The number of hydrogen-bond acceptors (Lipinski definition) is 13. The molecule has 0 bridgehead atoms. The van der Waals surface area contributed by atoms with Crippen LogP contribution in [-0.2, 0) is 28.9 Å². The van der Waals surface area contributed by atoms with Gasteiger partial charge in [-0.1, -0.05) is 0 Å². The number of hydrogen-bond donors (Lipinski definition) is 11. The lowest BCUT2D eigenvalue weighted by Crippen LogP contribution is -2.77. The van der Waals surface area contributed by atoms with Crippen LogP contribution in [0.5, 0.6) is 0 Å². The number of aromatic nitrogens is 1. The molecule has 3 heterocycles. The SMILES string of the molecule is NC(=O)c1ccc(N)[n+](C2(C3O[C@H](CO)[C@@H](O)[C@H]3O)O[C@H](CO)[C@@H](O)[C@]2(OP(=O)(O)O)P(=O)(O)O)c1.[OH-]. The molecule has 2 unspecified atom stereocenters. The minimum atomic E-state index is -6.25. The van der Waals surface area contributed by atoms with Gasteiger partial charge in [-0.25, -0.2) is 4.57 Å². The molecule has 0 spiro atoms. The highest BCUT2D eigenvalue weighted by atomic mass is 31.2. The second kappa shape index (κ2) is 10.5. The Hall–Kier alpha value is -1.64. The number of nitrogen functional groups attached to an aromatic ring is 1. The molecular weight excluding hydrogens is 552 g/mol. The zero-order chi connectivity index (χ0) is 27.4. The smallest absolute Gasteiger partial charge is 0.471 e. The van der Waals surface area contributed by atoms with Crippen LogP contribution in [0, 0.1) is 0 Å². The fraction of sp³-hybridized carbons (Fsp3) is 0.625. The Balaban J connectivity index is 0.00000481. The standard InChI is InChI=1S/C16H25N3O15P2.H2O/c17-9-2-1-6(14(18)25)3-19(9)15(13-11(23)10(22)7(4-20)32-13)16(35(26,27)28,34-36(29,30)31)12(24)8(5-21)33-15;/h1-3,7-8,10-13,17,20-24H,4-5H2,(H6,18,25,26,27,28,29,30,31);1H2/t7-,8-,10-,11-,12-,13?,15?,16+;/m1./s1. The third-order valence-electron chi connectivity index (χ3n) is 6.02. The van der Waals surface area contributed by atoms with Crippen molar-refractivity contribution < 1.29 is 83.1 Å². The summed E-state index contributed by atoms with van der Waals surface area (Å²) < 4.78 is 41.1. The molecule has 37 heavy (non-hydrogen) atoms. The van der Waals surface area contributed by atoms with Crippen LogP contribution in [0.15, 0.2) is 18.3 Å². The largest absolute Gasteiger partial charge is 0.870 e. The minimum absolute atomic E-state index is 0. The van der Waals surface area contributed by atoms with Crippen molar-refractivity contribution in [1.29, 1.82) is 0 Å². The van der Waals surface area contributed by atoms with E-state index in [1.54, 1.807) is 0 Å². The number of aliphatic hydroxyl groups excluding tert-OH is 5. The maximum Gasteiger partial charge on any atom is 0.471 e. The van der Waals surface area contributed by atoms with Crippen molar-refractivity contribution in [3.63, 3.8) is 0 Å². The Bertz CT molecular complexity index is 1110. The number of anilines is 1. The Morgan fingerprint density at radius 1 is 1.05 bits per heavy atom. The van der Waals surface area contributed by atoms with Gasteiger partial charge in [0.25, 0.3) is 22.8 Å². The van der Waals surface area contributed by atoms with Crippen LogP contribution < -0.4 is 16.0 Å². The van der Waals surface area contributed by atoms with Crippen LogP contribution in [-0.4, -0.2) is 112 Å². The normalized spacial score (nSPS) is 36.4. The highest BCUT2D eigenvalue weighted by Crippen LogP contribution is 2.70. The van der Waals surface area contributed by atoms with Gasteiger partial charge < -0.3 is 65.8 Å². The predicted molar refractivity (Wildman–Crippen MR) is 113 cm³/mol. The first-order valence-corrected chi connectivity index (χ1v) is 13.1. The van der Waals surface area contributed by atoms with Crippen molar-refractivity contribution in [2.45, 2.75) is 47.7 Å². The van der Waals surface area contributed by atoms with Crippen LogP contribution in [0.1, 0.15) is 10.4 Å². The lowest BCUT2D eigenvalue weighted by Gasteiger charge is -2.45. The van der Waals surface area contributed by atoms with Crippen LogP contribution in [0.4, 0.5) is 5.82 Å². The number of carbonyl (C=O) groups is 1. The van der Waals surface area contributed by atoms with E-state index in [2.05, 4.69) is 4.52 Å². The van der Waals surface area contributed by atoms with Gasteiger partial charge in [0.05, 0.1) is 18.8 Å². The van der Waals surface area contributed by atoms with E-state index in [1.165, 1.54) is 0 Å². The predicted octanol–water partition coefficient (Wildman–Crippen LogP) is -5.65. The number of nitrogens with zero attached hydrogens (tertiary/aromatic N) is 1. The Labute approximate surface area is 207 Å². The fourth-order valence-electron chi connectivity index (χ4n) is 4.52. The average molecular weight is 579 g/mol. The van der Waals surface area contributed by atoms with Gasteiger partial charge in [-0.2, -0.15) is 4.57 Å². The highest BCUT2D eigenvalue weighted by Gasteiger charge is 2.85. The van der Waals surface area contributed by atoms with Crippen molar-refractivity contribution in [3.8, 4) is 0 Å². The quantitative estimate of drug-likeness (QED) is 0.101. The molecule has 1 aromatic rings. The molecule has 2 aliphatic rings. The summed E-state index contributed by atoms with van der Waals surface area (Å²) in [5, 5.41) is 47.5. The number of amides is 1. The second-order valence-electron chi connectivity index (χ2n) is 8.14. The van der Waals surface area contributed by atoms with Crippen molar-refractivity contribution in [3.05, 3.63) is 23.9 Å². The molecule has 2 fully saturated rings. The Kier molecular flexibility index (Phi) is 8.96. The average Bonchev–Trinajstić information content (AvgIpc) is 3.19. The van der Waals surface area contributed by atoms with Crippen molar-refractivity contribution in [1.82, 2.24) is 0 Å². The number of phosphoric acid groups is 1. The molecule has 3 rings (SSSR count). The summed E-state index contributed by atoms with van der Waals surface area (Å²) in [6.07, 6.45) is -12.4. The van der Waals surface area contributed by atoms with Gasteiger partial charge in [0, 0.05) is 6.07 Å². The summed E-state index contributed by atoms with van der Waals surface area (Å²) in [7, 11) is -12.3. The van der Waals surface area contributed by atoms with E-state index in [0.717, 1.165) is 12.1 Å². The van der Waals surface area contributed by atoms with E-state index in [0.29, 0.717) is 10.8 Å². The summed E-state index contributed by atoms with van der Waals surface area (Å²) in [5.41, 5.74) is 7.48. The van der Waals surface area contributed by atoms with Crippen molar-refractivity contribution in [2.75, 3.05) is 18.9 Å². The number of aliphatic hydroxyl groups is 5. The second-order valence-corrected chi connectivity index (χ2v) is 11.1.